The lowest BCUT2D eigenvalue weighted by molar-refractivity contribution is -0.149. The molecule has 0 saturated heterocycles. The topological polar surface area (TPSA) is 64.8 Å². The molecule has 1 atom stereocenters. The normalized spacial score (nSPS) is 17.2. The second-order valence-electron chi connectivity index (χ2n) is 5.49. The summed E-state index contributed by atoms with van der Waals surface area (Å²) < 4.78 is 10.5. The van der Waals surface area contributed by atoms with Gasteiger partial charge in [-0.1, -0.05) is 6.07 Å². The molecule has 2 N–H and O–H groups in total. The number of benzene rings is 1. The van der Waals surface area contributed by atoms with E-state index in [1.807, 2.05) is 43.3 Å². The number of methoxy groups -OCH3 is 1. The Morgan fingerprint density at radius 2 is 2.15 bits per heavy atom. The van der Waals surface area contributed by atoms with Crippen molar-refractivity contribution < 1.29 is 14.3 Å². The van der Waals surface area contributed by atoms with Crippen LogP contribution in [-0.4, -0.2) is 39.3 Å². The highest BCUT2D eigenvalue weighted by Gasteiger charge is 2.49. The van der Waals surface area contributed by atoms with Gasteiger partial charge in [0.05, 0.1) is 7.11 Å². The Labute approximate surface area is 119 Å². The van der Waals surface area contributed by atoms with Gasteiger partial charge in [-0.15, -0.1) is 0 Å². The average molecular weight is 278 g/mol. The number of nitrogens with zero attached hydrogens (tertiary/aromatic N) is 1. The number of hydrogen-bond acceptors (Lipinski definition) is 5. The lowest BCUT2D eigenvalue weighted by atomic mass is 9.96. The molecular weight excluding hydrogens is 256 g/mol. The van der Waals surface area contributed by atoms with Crippen LogP contribution >= 0.6 is 0 Å². The van der Waals surface area contributed by atoms with E-state index in [9.17, 15) is 4.79 Å². The minimum Gasteiger partial charge on any atom is -0.491 e. The standard InChI is InChI=1S/C15H22N2O3/c1-17(2)12-5-4-6-13(9-12)20-10-15(16,11-7-8-11)14(18)19-3/h4-6,9,11H,7-8,10,16H2,1-3H3. The van der Waals surface area contributed by atoms with Crippen molar-refractivity contribution in [3.63, 3.8) is 0 Å². The van der Waals surface area contributed by atoms with Gasteiger partial charge < -0.3 is 20.1 Å². The van der Waals surface area contributed by atoms with Crippen LogP contribution in [0.25, 0.3) is 0 Å². The van der Waals surface area contributed by atoms with Crippen LogP contribution in [0.5, 0.6) is 5.75 Å². The van der Waals surface area contributed by atoms with Gasteiger partial charge in [0.25, 0.3) is 0 Å². The molecule has 1 aliphatic rings. The van der Waals surface area contributed by atoms with Crippen molar-refractivity contribution >= 4 is 11.7 Å². The number of anilines is 1. The summed E-state index contributed by atoms with van der Waals surface area (Å²) >= 11 is 0. The first-order valence-corrected chi connectivity index (χ1v) is 6.75. The summed E-state index contributed by atoms with van der Waals surface area (Å²) in [5.74, 6) is 0.464. The van der Waals surface area contributed by atoms with Crippen LogP contribution in [0.1, 0.15) is 12.8 Å². The third-order valence-corrected chi connectivity index (χ3v) is 3.68. The maximum Gasteiger partial charge on any atom is 0.329 e. The zero-order valence-corrected chi connectivity index (χ0v) is 12.3. The molecule has 1 fully saturated rings. The van der Waals surface area contributed by atoms with Crippen molar-refractivity contribution in [3.8, 4) is 5.75 Å². The van der Waals surface area contributed by atoms with E-state index in [2.05, 4.69) is 0 Å². The number of nitrogens with two attached hydrogens (primary N) is 1. The lowest BCUT2D eigenvalue weighted by Crippen LogP contribution is -2.55. The highest BCUT2D eigenvalue weighted by molar-refractivity contribution is 5.81. The maximum atomic E-state index is 11.9. The molecule has 1 saturated carbocycles. The van der Waals surface area contributed by atoms with E-state index in [-0.39, 0.29) is 12.5 Å². The second kappa shape index (κ2) is 5.71. The number of esters is 1. The largest absolute Gasteiger partial charge is 0.491 e. The fraction of sp³-hybridized carbons (Fsp3) is 0.533. The first kappa shape index (κ1) is 14.7. The van der Waals surface area contributed by atoms with Gasteiger partial charge in [-0.3, -0.25) is 0 Å². The molecule has 110 valence electrons. The van der Waals surface area contributed by atoms with Crippen LogP contribution in [0.15, 0.2) is 24.3 Å². The molecule has 0 heterocycles. The van der Waals surface area contributed by atoms with Gasteiger partial charge in [0.1, 0.15) is 12.4 Å². The van der Waals surface area contributed by atoms with E-state index in [1.54, 1.807) is 0 Å². The molecule has 1 aliphatic carbocycles. The molecule has 0 spiro atoms. The highest BCUT2D eigenvalue weighted by atomic mass is 16.5. The molecule has 1 unspecified atom stereocenters. The number of ether oxygens (including phenoxy) is 2. The van der Waals surface area contributed by atoms with Gasteiger partial charge in [0.15, 0.2) is 5.54 Å². The summed E-state index contributed by atoms with van der Waals surface area (Å²) in [6.07, 6.45) is 1.90. The quantitative estimate of drug-likeness (QED) is 0.797. The van der Waals surface area contributed by atoms with Crippen LogP contribution < -0.4 is 15.4 Å². The summed E-state index contributed by atoms with van der Waals surface area (Å²) in [7, 11) is 5.29. The molecule has 5 heteroatoms. The zero-order valence-electron chi connectivity index (χ0n) is 12.3. The first-order chi connectivity index (χ1) is 9.47. The smallest absolute Gasteiger partial charge is 0.329 e. The Morgan fingerprint density at radius 3 is 2.70 bits per heavy atom. The third kappa shape index (κ3) is 3.04. The zero-order chi connectivity index (χ0) is 14.8. The number of hydrogen-bond donors (Lipinski definition) is 1. The summed E-state index contributed by atoms with van der Waals surface area (Å²) in [6, 6.07) is 7.68. The van der Waals surface area contributed by atoms with Crippen molar-refractivity contribution in [2.24, 2.45) is 11.7 Å². The van der Waals surface area contributed by atoms with E-state index in [4.69, 9.17) is 15.2 Å². The third-order valence-electron chi connectivity index (χ3n) is 3.68. The van der Waals surface area contributed by atoms with E-state index >= 15 is 0 Å². The Kier molecular flexibility index (Phi) is 4.18. The number of rotatable bonds is 6. The minimum absolute atomic E-state index is 0.140. The summed E-state index contributed by atoms with van der Waals surface area (Å²) in [4.78, 5) is 13.9. The van der Waals surface area contributed by atoms with Gasteiger partial charge in [0, 0.05) is 25.8 Å². The Bertz CT molecular complexity index is 486. The molecule has 2 rings (SSSR count). The summed E-state index contributed by atoms with van der Waals surface area (Å²) in [5, 5.41) is 0. The second-order valence-corrected chi connectivity index (χ2v) is 5.49. The Morgan fingerprint density at radius 1 is 1.45 bits per heavy atom. The SMILES string of the molecule is COC(=O)C(N)(COc1cccc(N(C)C)c1)C1CC1. The summed E-state index contributed by atoms with van der Waals surface area (Å²) in [5.41, 5.74) is 6.19. The van der Waals surface area contributed by atoms with Gasteiger partial charge in [0.2, 0.25) is 0 Å². The molecular formula is C15H22N2O3. The molecule has 0 bridgehead atoms. The van der Waals surface area contributed by atoms with Gasteiger partial charge >= 0.3 is 5.97 Å². The molecule has 1 aromatic carbocycles. The average Bonchev–Trinajstić information content (AvgIpc) is 3.29. The number of carbonyl (C=O) groups is 1. The van der Waals surface area contributed by atoms with Gasteiger partial charge in [-0.25, -0.2) is 4.79 Å². The Hall–Kier alpha value is -1.75. The van der Waals surface area contributed by atoms with Crippen LogP contribution in [0, 0.1) is 5.92 Å². The van der Waals surface area contributed by atoms with Gasteiger partial charge in [-0.2, -0.15) is 0 Å². The van der Waals surface area contributed by atoms with Crippen molar-refractivity contribution in [2.45, 2.75) is 18.4 Å². The van der Waals surface area contributed by atoms with Crippen molar-refractivity contribution in [1.82, 2.24) is 0 Å². The predicted molar refractivity (Wildman–Crippen MR) is 77.9 cm³/mol. The van der Waals surface area contributed by atoms with E-state index in [1.165, 1.54) is 7.11 Å². The molecule has 0 radical (unpaired) electrons. The van der Waals surface area contributed by atoms with Crippen molar-refractivity contribution in [1.29, 1.82) is 0 Å². The van der Waals surface area contributed by atoms with Crippen LogP contribution in [0.3, 0.4) is 0 Å². The van der Waals surface area contributed by atoms with E-state index in [0.717, 1.165) is 18.5 Å². The van der Waals surface area contributed by atoms with E-state index < -0.39 is 11.5 Å². The van der Waals surface area contributed by atoms with Crippen LogP contribution in [0.4, 0.5) is 5.69 Å². The molecule has 5 nitrogen and oxygen atoms in total. The van der Waals surface area contributed by atoms with E-state index in [0.29, 0.717) is 5.75 Å². The monoisotopic (exact) mass is 278 g/mol. The molecule has 0 aromatic heterocycles. The molecule has 1 aromatic rings. The summed E-state index contributed by atoms with van der Waals surface area (Å²) in [6.45, 7) is 0.140. The lowest BCUT2D eigenvalue weighted by Gasteiger charge is -2.26. The molecule has 0 amide bonds. The number of carbonyl (C=O) groups excluding carboxylic acids is 1. The maximum absolute atomic E-state index is 11.9. The molecule has 0 aliphatic heterocycles. The first-order valence-electron chi connectivity index (χ1n) is 6.75. The van der Waals surface area contributed by atoms with Crippen molar-refractivity contribution in [2.75, 3.05) is 32.7 Å². The highest BCUT2D eigenvalue weighted by Crippen LogP contribution is 2.39. The van der Waals surface area contributed by atoms with Crippen molar-refractivity contribution in [3.05, 3.63) is 24.3 Å². The molecule has 20 heavy (non-hydrogen) atoms. The Balaban J connectivity index is 2.06. The van der Waals surface area contributed by atoms with Crippen LogP contribution in [-0.2, 0) is 9.53 Å². The predicted octanol–water partition coefficient (Wildman–Crippen LogP) is 1.41. The van der Waals surface area contributed by atoms with Crippen LogP contribution in [0.2, 0.25) is 0 Å². The fourth-order valence-corrected chi connectivity index (χ4v) is 2.19. The minimum atomic E-state index is -1.04. The van der Waals surface area contributed by atoms with Gasteiger partial charge in [-0.05, 0) is 30.9 Å². The fourth-order valence-electron chi connectivity index (χ4n) is 2.19.